The molecule has 5 rings (SSSR count). The van der Waals surface area contributed by atoms with Crippen molar-refractivity contribution in [2.24, 2.45) is 17.3 Å². The van der Waals surface area contributed by atoms with E-state index in [1.165, 1.54) is 36.0 Å². The lowest BCUT2D eigenvalue weighted by molar-refractivity contribution is -0.158. The maximum atomic E-state index is 12.4. The van der Waals surface area contributed by atoms with E-state index >= 15 is 0 Å². The molecular formula is C29H37NO3. The number of ether oxygens (including phenoxy) is 2. The van der Waals surface area contributed by atoms with E-state index in [0.29, 0.717) is 30.9 Å². The van der Waals surface area contributed by atoms with Crippen molar-refractivity contribution in [3.8, 4) is 5.75 Å². The molecule has 2 saturated carbocycles. The highest BCUT2D eigenvalue weighted by Crippen LogP contribution is 2.61. The van der Waals surface area contributed by atoms with E-state index in [0.717, 1.165) is 25.0 Å². The Kier molecular flexibility index (Phi) is 6.22. The molecule has 5 unspecified atom stereocenters. The van der Waals surface area contributed by atoms with Gasteiger partial charge < -0.3 is 9.47 Å². The standard InChI is InChI=1S/C29H37NO3/c1-29-16-15-24-23-12-10-22(32-19-20-7-5-4-6-8-20)17-21(23)9-11-25(24)26(29)13-14-27(29)33-28(31)18-30(2)3/h4-8,10,12,17,24-27H,9,11,13-16,18-19H2,1-3H3. The van der Waals surface area contributed by atoms with E-state index in [-0.39, 0.29) is 17.5 Å². The highest BCUT2D eigenvalue weighted by atomic mass is 16.5. The second-order valence-corrected chi connectivity index (χ2v) is 10.9. The Balaban J connectivity index is 1.27. The van der Waals surface area contributed by atoms with Crippen molar-refractivity contribution in [1.29, 1.82) is 0 Å². The molecule has 0 bridgehead atoms. The van der Waals surface area contributed by atoms with Gasteiger partial charge in [-0.1, -0.05) is 43.3 Å². The van der Waals surface area contributed by atoms with Crippen LogP contribution in [0.15, 0.2) is 48.5 Å². The van der Waals surface area contributed by atoms with Crippen LogP contribution in [0.25, 0.3) is 0 Å². The van der Waals surface area contributed by atoms with Crippen molar-refractivity contribution < 1.29 is 14.3 Å². The second-order valence-electron chi connectivity index (χ2n) is 10.9. The van der Waals surface area contributed by atoms with Gasteiger partial charge in [0.2, 0.25) is 0 Å². The number of carbonyl (C=O) groups excluding carboxylic acids is 1. The number of fused-ring (bicyclic) bond motifs is 5. The first-order chi connectivity index (χ1) is 15.9. The third-order valence-electron chi connectivity index (χ3n) is 8.58. The van der Waals surface area contributed by atoms with Gasteiger partial charge in [-0.05, 0) is 99.2 Å². The minimum Gasteiger partial charge on any atom is -0.489 e. The highest BCUT2D eigenvalue weighted by Gasteiger charge is 2.56. The first kappa shape index (κ1) is 22.5. The maximum absolute atomic E-state index is 12.4. The van der Waals surface area contributed by atoms with Crippen molar-refractivity contribution in [2.45, 2.75) is 64.1 Å². The molecule has 3 aliphatic carbocycles. The quantitative estimate of drug-likeness (QED) is 0.541. The Morgan fingerprint density at radius 2 is 1.88 bits per heavy atom. The summed E-state index contributed by atoms with van der Waals surface area (Å²) < 4.78 is 12.1. The molecule has 0 aliphatic heterocycles. The van der Waals surface area contributed by atoms with Gasteiger partial charge in [-0.2, -0.15) is 0 Å². The molecule has 2 fully saturated rings. The van der Waals surface area contributed by atoms with Crippen molar-refractivity contribution in [2.75, 3.05) is 20.6 Å². The molecule has 0 radical (unpaired) electrons. The lowest BCUT2D eigenvalue weighted by Gasteiger charge is -2.50. The van der Waals surface area contributed by atoms with Crippen LogP contribution in [-0.2, 0) is 22.6 Å². The normalized spacial score (nSPS) is 30.3. The van der Waals surface area contributed by atoms with E-state index in [1.807, 2.05) is 25.1 Å². The van der Waals surface area contributed by atoms with Crippen molar-refractivity contribution >= 4 is 5.97 Å². The summed E-state index contributed by atoms with van der Waals surface area (Å²) in [6, 6.07) is 17.1. The molecule has 5 atom stereocenters. The van der Waals surface area contributed by atoms with E-state index in [9.17, 15) is 4.79 Å². The van der Waals surface area contributed by atoms with E-state index in [2.05, 4.69) is 49.4 Å². The topological polar surface area (TPSA) is 38.8 Å². The summed E-state index contributed by atoms with van der Waals surface area (Å²) in [7, 11) is 3.84. The number of hydrogen-bond donors (Lipinski definition) is 0. The fourth-order valence-corrected chi connectivity index (χ4v) is 6.99. The van der Waals surface area contributed by atoms with Crippen molar-refractivity contribution in [1.82, 2.24) is 4.90 Å². The molecule has 0 spiro atoms. The molecule has 176 valence electrons. The predicted molar refractivity (Wildman–Crippen MR) is 130 cm³/mol. The number of benzene rings is 2. The number of nitrogens with zero attached hydrogens (tertiary/aromatic N) is 1. The molecule has 2 aromatic carbocycles. The van der Waals surface area contributed by atoms with Gasteiger partial charge in [0.05, 0.1) is 6.54 Å². The van der Waals surface area contributed by atoms with Gasteiger partial charge in [0.1, 0.15) is 18.5 Å². The Bertz CT molecular complexity index is 988. The summed E-state index contributed by atoms with van der Waals surface area (Å²) in [4.78, 5) is 14.3. The molecule has 3 aliphatic rings. The minimum absolute atomic E-state index is 0.0751. The van der Waals surface area contributed by atoms with E-state index in [1.54, 1.807) is 0 Å². The van der Waals surface area contributed by atoms with Crippen LogP contribution in [0.3, 0.4) is 0 Å². The smallest absolute Gasteiger partial charge is 0.320 e. The number of aryl methyl sites for hydroxylation is 1. The Morgan fingerprint density at radius 1 is 1.06 bits per heavy atom. The molecule has 0 aromatic heterocycles. The van der Waals surface area contributed by atoms with Gasteiger partial charge in [0.15, 0.2) is 0 Å². The highest BCUT2D eigenvalue weighted by molar-refractivity contribution is 5.71. The van der Waals surface area contributed by atoms with Gasteiger partial charge in [-0.25, -0.2) is 0 Å². The minimum atomic E-state index is -0.0778. The van der Waals surface area contributed by atoms with Crippen LogP contribution in [0.5, 0.6) is 5.75 Å². The summed E-state index contributed by atoms with van der Waals surface area (Å²) in [5.41, 5.74) is 4.33. The third-order valence-corrected chi connectivity index (χ3v) is 8.58. The summed E-state index contributed by atoms with van der Waals surface area (Å²) in [5.74, 6) is 2.88. The number of esters is 1. The average Bonchev–Trinajstić information content (AvgIpc) is 3.13. The first-order valence-corrected chi connectivity index (χ1v) is 12.6. The molecule has 0 amide bonds. The second kappa shape index (κ2) is 9.13. The van der Waals surface area contributed by atoms with Crippen molar-refractivity contribution in [3.63, 3.8) is 0 Å². The predicted octanol–water partition coefficient (Wildman–Crippen LogP) is 5.60. The van der Waals surface area contributed by atoms with Gasteiger partial charge >= 0.3 is 5.97 Å². The van der Waals surface area contributed by atoms with Crippen LogP contribution >= 0.6 is 0 Å². The van der Waals surface area contributed by atoms with E-state index < -0.39 is 0 Å². The molecule has 2 aromatic rings. The van der Waals surface area contributed by atoms with Gasteiger partial charge in [-0.15, -0.1) is 0 Å². The first-order valence-electron chi connectivity index (χ1n) is 12.6. The number of rotatable bonds is 6. The molecule has 4 nitrogen and oxygen atoms in total. The zero-order valence-electron chi connectivity index (χ0n) is 20.3. The molecule has 0 saturated heterocycles. The Labute approximate surface area is 198 Å². The Hall–Kier alpha value is -2.33. The average molecular weight is 448 g/mol. The number of carbonyl (C=O) groups is 1. The number of likely N-dealkylation sites (N-methyl/N-ethyl adjacent to an activating group) is 1. The zero-order chi connectivity index (χ0) is 23.0. The molecule has 4 heteroatoms. The fraction of sp³-hybridized carbons (Fsp3) is 0.552. The maximum Gasteiger partial charge on any atom is 0.320 e. The molecule has 0 heterocycles. The summed E-state index contributed by atoms with van der Waals surface area (Å²) in [6.45, 7) is 3.37. The largest absolute Gasteiger partial charge is 0.489 e. The van der Waals surface area contributed by atoms with Crippen LogP contribution in [0.4, 0.5) is 0 Å². The molecule has 33 heavy (non-hydrogen) atoms. The fourth-order valence-electron chi connectivity index (χ4n) is 6.99. The monoisotopic (exact) mass is 447 g/mol. The lowest BCUT2D eigenvalue weighted by atomic mass is 9.55. The SMILES string of the molecule is CN(C)CC(=O)OC1CCC2C3CCc4cc(OCc5ccccc5)ccc4C3CCC12C. The molecular weight excluding hydrogens is 410 g/mol. The molecule has 0 N–H and O–H groups in total. The summed E-state index contributed by atoms with van der Waals surface area (Å²) in [5, 5.41) is 0. The van der Waals surface area contributed by atoms with Gasteiger partial charge in [-0.3, -0.25) is 9.69 Å². The zero-order valence-corrected chi connectivity index (χ0v) is 20.3. The van der Waals surface area contributed by atoms with Crippen LogP contribution in [0.2, 0.25) is 0 Å². The van der Waals surface area contributed by atoms with Crippen LogP contribution in [0, 0.1) is 17.3 Å². The van der Waals surface area contributed by atoms with Crippen LogP contribution in [0.1, 0.15) is 61.6 Å². The van der Waals surface area contributed by atoms with E-state index in [4.69, 9.17) is 9.47 Å². The summed E-state index contributed by atoms with van der Waals surface area (Å²) >= 11 is 0. The summed E-state index contributed by atoms with van der Waals surface area (Å²) in [6.07, 6.45) is 6.97. The van der Waals surface area contributed by atoms with Gasteiger partial charge in [0.25, 0.3) is 0 Å². The van der Waals surface area contributed by atoms with Crippen molar-refractivity contribution in [3.05, 3.63) is 65.2 Å². The lowest BCUT2D eigenvalue weighted by Crippen LogP contribution is -2.45. The third kappa shape index (κ3) is 4.42. The van der Waals surface area contributed by atoms with Gasteiger partial charge in [0, 0.05) is 5.41 Å². The van der Waals surface area contributed by atoms with Crippen LogP contribution < -0.4 is 4.74 Å². The Morgan fingerprint density at radius 3 is 2.67 bits per heavy atom. The van der Waals surface area contributed by atoms with Crippen LogP contribution in [-0.4, -0.2) is 37.6 Å². The number of hydrogen-bond acceptors (Lipinski definition) is 4.